The van der Waals surface area contributed by atoms with E-state index in [1.54, 1.807) is 6.33 Å². The fourth-order valence-electron chi connectivity index (χ4n) is 1.77. The van der Waals surface area contributed by atoms with Crippen LogP contribution in [0.1, 0.15) is 17.8 Å². The average molecular weight is 244 g/mol. The van der Waals surface area contributed by atoms with Crippen molar-refractivity contribution in [3.8, 4) is 0 Å². The van der Waals surface area contributed by atoms with E-state index in [1.807, 2.05) is 0 Å². The molecule has 90 valence electrons. The Morgan fingerprint density at radius 3 is 3.19 bits per heavy atom. The highest BCUT2D eigenvalue weighted by Gasteiger charge is 2.14. The van der Waals surface area contributed by atoms with Crippen molar-refractivity contribution in [2.45, 2.75) is 26.1 Å². The molecule has 16 heavy (non-hydrogen) atoms. The Morgan fingerprint density at radius 2 is 2.44 bits per heavy atom. The number of aryl methyl sites for hydroxylation is 1. The molecule has 0 spiro atoms. The molecule has 7 heteroatoms. The van der Waals surface area contributed by atoms with Crippen molar-refractivity contribution in [2.75, 3.05) is 12.8 Å². The third-order valence-corrected chi connectivity index (χ3v) is 3.25. The summed E-state index contributed by atoms with van der Waals surface area (Å²) in [4.78, 5) is 4.24. The standard InChI is InChI=1S/C9H16N4O2S/c1-16(14,15)12-5-8-9-6-10-3-2-4-13(9)7-11-8/h7,10,12H,2-6H2,1H3. The first-order valence-electron chi connectivity index (χ1n) is 5.24. The van der Waals surface area contributed by atoms with E-state index in [0.717, 1.165) is 43.7 Å². The van der Waals surface area contributed by atoms with Gasteiger partial charge in [0.05, 0.1) is 30.5 Å². The monoisotopic (exact) mass is 244 g/mol. The summed E-state index contributed by atoms with van der Waals surface area (Å²) < 4.78 is 26.5. The van der Waals surface area contributed by atoms with E-state index in [1.165, 1.54) is 0 Å². The van der Waals surface area contributed by atoms with Gasteiger partial charge in [-0.25, -0.2) is 18.1 Å². The molecule has 2 N–H and O–H groups in total. The summed E-state index contributed by atoms with van der Waals surface area (Å²) in [7, 11) is -3.16. The molecular formula is C9H16N4O2S. The maximum atomic E-state index is 11.0. The second kappa shape index (κ2) is 4.52. The van der Waals surface area contributed by atoms with E-state index in [4.69, 9.17) is 0 Å². The smallest absolute Gasteiger partial charge is 0.209 e. The van der Waals surface area contributed by atoms with E-state index in [0.29, 0.717) is 0 Å². The number of imidazole rings is 1. The largest absolute Gasteiger partial charge is 0.333 e. The number of nitrogens with zero attached hydrogens (tertiary/aromatic N) is 2. The van der Waals surface area contributed by atoms with Gasteiger partial charge < -0.3 is 9.88 Å². The number of fused-ring (bicyclic) bond motifs is 1. The first kappa shape index (κ1) is 11.6. The Balaban J connectivity index is 2.13. The molecule has 2 rings (SSSR count). The van der Waals surface area contributed by atoms with Gasteiger partial charge in [0, 0.05) is 13.1 Å². The Kier molecular flexibility index (Phi) is 3.27. The SMILES string of the molecule is CS(=O)(=O)NCc1ncn2c1CNCCC2. The van der Waals surface area contributed by atoms with E-state index in [-0.39, 0.29) is 6.54 Å². The molecule has 0 atom stereocenters. The Hall–Kier alpha value is -0.920. The number of rotatable bonds is 3. The lowest BCUT2D eigenvalue weighted by Crippen LogP contribution is -2.23. The Labute approximate surface area is 95.1 Å². The molecule has 1 aliphatic rings. The summed E-state index contributed by atoms with van der Waals surface area (Å²) in [6, 6.07) is 0. The zero-order chi connectivity index (χ0) is 11.6. The molecular weight excluding hydrogens is 228 g/mol. The lowest BCUT2D eigenvalue weighted by atomic mass is 10.3. The molecule has 1 aromatic heterocycles. The van der Waals surface area contributed by atoms with Gasteiger partial charge >= 0.3 is 0 Å². The van der Waals surface area contributed by atoms with Crippen molar-refractivity contribution in [2.24, 2.45) is 0 Å². The Bertz CT molecular complexity index is 466. The van der Waals surface area contributed by atoms with Crippen LogP contribution in [0.15, 0.2) is 6.33 Å². The highest BCUT2D eigenvalue weighted by Crippen LogP contribution is 2.11. The first-order valence-corrected chi connectivity index (χ1v) is 7.13. The molecule has 0 radical (unpaired) electrons. The Morgan fingerprint density at radius 1 is 1.62 bits per heavy atom. The van der Waals surface area contributed by atoms with Gasteiger partial charge in [0.2, 0.25) is 10.0 Å². The fourth-order valence-corrected chi connectivity index (χ4v) is 2.17. The zero-order valence-corrected chi connectivity index (χ0v) is 10.0. The fraction of sp³-hybridized carbons (Fsp3) is 0.667. The highest BCUT2D eigenvalue weighted by atomic mass is 32.2. The highest BCUT2D eigenvalue weighted by molar-refractivity contribution is 7.88. The normalized spacial score (nSPS) is 16.8. The van der Waals surface area contributed by atoms with Gasteiger partial charge in [0.1, 0.15) is 0 Å². The van der Waals surface area contributed by atoms with Gasteiger partial charge in [-0.15, -0.1) is 0 Å². The van der Waals surface area contributed by atoms with Crippen molar-refractivity contribution in [3.63, 3.8) is 0 Å². The van der Waals surface area contributed by atoms with Crippen LogP contribution in [0.25, 0.3) is 0 Å². The lowest BCUT2D eigenvalue weighted by Gasteiger charge is -2.05. The van der Waals surface area contributed by atoms with Crippen molar-refractivity contribution in [3.05, 3.63) is 17.7 Å². The minimum absolute atomic E-state index is 0.267. The van der Waals surface area contributed by atoms with Gasteiger partial charge in [-0.3, -0.25) is 0 Å². The van der Waals surface area contributed by atoms with Gasteiger partial charge in [0.15, 0.2) is 0 Å². The quantitative estimate of drug-likeness (QED) is 0.746. The topological polar surface area (TPSA) is 76.0 Å². The van der Waals surface area contributed by atoms with Gasteiger partial charge in [-0.05, 0) is 13.0 Å². The van der Waals surface area contributed by atoms with Crippen LogP contribution in [-0.4, -0.2) is 30.8 Å². The number of sulfonamides is 1. The number of aromatic nitrogens is 2. The molecule has 0 unspecified atom stereocenters. The lowest BCUT2D eigenvalue weighted by molar-refractivity contribution is 0.586. The molecule has 0 amide bonds. The minimum atomic E-state index is -3.16. The third-order valence-electron chi connectivity index (χ3n) is 2.58. The second-order valence-electron chi connectivity index (χ2n) is 3.95. The van der Waals surface area contributed by atoms with Crippen LogP contribution in [0, 0.1) is 0 Å². The van der Waals surface area contributed by atoms with Gasteiger partial charge in [0.25, 0.3) is 0 Å². The molecule has 0 saturated carbocycles. The summed E-state index contributed by atoms with van der Waals surface area (Å²) in [5, 5.41) is 3.29. The summed E-state index contributed by atoms with van der Waals surface area (Å²) in [5.74, 6) is 0. The van der Waals surface area contributed by atoms with Crippen LogP contribution in [0.5, 0.6) is 0 Å². The van der Waals surface area contributed by atoms with E-state index >= 15 is 0 Å². The van der Waals surface area contributed by atoms with Crippen LogP contribution in [0.3, 0.4) is 0 Å². The van der Waals surface area contributed by atoms with Crippen LogP contribution in [-0.2, 0) is 29.7 Å². The maximum absolute atomic E-state index is 11.0. The summed E-state index contributed by atoms with van der Waals surface area (Å²) in [5.41, 5.74) is 1.88. The van der Waals surface area contributed by atoms with Crippen LogP contribution >= 0.6 is 0 Å². The van der Waals surface area contributed by atoms with Crippen LogP contribution < -0.4 is 10.0 Å². The van der Waals surface area contributed by atoms with E-state index < -0.39 is 10.0 Å². The third kappa shape index (κ3) is 2.81. The molecule has 0 saturated heterocycles. The number of hydrogen-bond acceptors (Lipinski definition) is 4. The van der Waals surface area contributed by atoms with Crippen molar-refractivity contribution < 1.29 is 8.42 Å². The molecule has 1 aliphatic heterocycles. The van der Waals surface area contributed by atoms with Crippen molar-refractivity contribution in [1.29, 1.82) is 0 Å². The molecule has 2 heterocycles. The van der Waals surface area contributed by atoms with Crippen LogP contribution in [0.4, 0.5) is 0 Å². The van der Waals surface area contributed by atoms with Crippen molar-refractivity contribution >= 4 is 10.0 Å². The first-order chi connectivity index (χ1) is 7.56. The molecule has 0 bridgehead atoms. The van der Waals surface area contributed by atoms with Crippen molar-refractivity contribution in [1.82, 2.24) is 19.6 Å². The predicted molar refractivity (Wildman–Crippen MR) is 60.2 cm³/mol. The molecule has 1 aromatic rings. The van der Waals surface area contributed by atoms with E-state index in [9.17, 15) is 8.42 Å². The molecule has 0 aromatic carbocycles. The second-order valence-corrected chi connectivity index (χ2v) is 5.79. The van der Waals surface area contributed by atoms with Gasteiger partial charge in [-0.1, -0.05) is 0 Å². The van der Waals surface area contributed by atoms with Crippen LogP contribution in [0.2, 0.25) is 0 Å². The molecule has 6 nitrogen and oxygen atoms in total. The molecule has 0 fully saturated rings. The average Bonchev–Trinajstić information content (AvgIpc) is 2.43. The van der Waals surface area contributed by atoms with Gasteiger partial charge in [-0.2, -0.15) is 0 Å². The predicted octanol–water partition coefficient (Wildman–Crippen LogP) is -0.574. The van der Waals surface area contributed by atoms with E-state index in [2.05, 4.69) is 19.6 Å². The minimum Gasteiger partial charge on any atom is -0.333 e. The summed E-state index contributed by atoms with van der Waals surface area (Å²) >= 11 is 0. The molecule has 0 aliphatic carbocycles. The summed E-state index contributed by atoms with van der Waals surface area (Å²) in [6.45, 7) is 2.94. The number of hydrogen-bond donors (Lipinski definition) is 2. The number of nitrogens with one attached hydrogen (secondary N) is 2. The zero-order valence-electron chi connectivity index (χ0n) is 9.23. The maximum Gasteiger partial charge on any atom is 0.209 e. The summed E-state index contributed by atoms with van der Waals surface area (Å²) in [6.07, 6.45) is 4.00.